The van der Waals surface area contributed by atoms with Crippen molar-refractivity contribution in [2.75, 3.05) is 0 Å². The van der Waals surface area contributed by atoms with Crippen LogP contribution in [0.5, 0.6) is 0 Å². The first-order chi connectivity index (χ1) is 7.44. The Morgan fingerprint density at radius 2 is 2.19 bits per heavy atom. The second kappa shape index (κ2) is 4.03. The third kappa shape index (κ3) is 1.86. The molecule has 0 saturated heterocycles. The summed E-state index contributed by atoms with van der Waals surface area (Å²) in [5.74, 6) is 1.13. The number of hydrogen-bond acceptors (Lipinski definition) is 1. The lowest BCUT2D eigenvalue weighted by molar-refractivity contribution is 0.0700. The molecule has 2 aliphatic carbocycles. The molecule has 1 nitrogen and oxygen atoms in total. The standard InChI is InChI=1S/C15H24O/c1-10(2)12-5-7-15(4)8-6-14(16)11(3)13(15)9-12/h5,10,13-14,16H,3,6-9H2,1-2,4H3/t13-,14+,15-/m1/s1. The molecule has 0 unspecified atom stereocenters. The zero-order valence-corrected chi connectivity index (χ0v) is 10.8. The van der Waals surface area contributed by atoms with Crippen molar-refractivity contribution >= 4 is 0 Å². The van der Waals surface area contributed by atoms with Crippen LogP contribution in [-0.2, 0) is 0 Å². The summed E-state index contributed by atoms with van der Waals surface area (Å²) >= 11 is 0. The van der Waals surface area contributed by atoms with Gasteiger partial charge in [0.15, 0.2) is 0 Å². The number of fused-ring (bicyclic) bond motifs is 1. The fourth-order valence-electron chi connectivity index (χ4n) is 3.28. The maximum atomic E-state index is 9.94. The molecule has 0 heterocycles. The van der Waals surface area contributed by atoms with Crippen LogP contribution in [0.2, 0.25) is 0 Å². The van der Waals surface area contributed by atoms with Gasteiger partial charge in [-0.3, -0.25) is 0 Å². The average Bonchev–Trinajstić information content (AvgIpc) is 2.24. The Balaban J connectivity index is 2.25. The van der Waals surface area contributed by atoms with Crippen LogP contribution < -0.4 is 0 Å². The zero-order valence-electron chi connectivity index (χ0n) is 10.8. The fourth-order valence-corrected chi connectivity index (χ4v) is 3.28. The summed E-state index contributed by atoms with van der Waals surface area (Å²) in [6, 6.07) is 0. The van der Waals surface area contributed by atoms with E-state index in [-0.39, 0.29) is 6.10 Å². The summed E-state index contributed by atoms with van der Waals surface area (Å²) < 4.78 is 0. The molecule has 90 valence electrons. The minimum atomic E-state index is -0.260. The van der Waals surface area contributed by atoms with Gasteiger partial charge in [-0.15, -0.1) is 0 Å². The highest BCUT2D eigenvalue weighted by Gasteiger charge is 2.43. The molecule has 0 aromatic rings. The van der Waals surface area contributed by atoms with Crippen LogP contribution in [0.3, 0.4) is 0 Å². The largest absolute Gasteiger partial charge is 0.389 e. The molecule has 0 radical (unpaired) electrons. The number of aliphatic hydroxyl groups excluding tert-OH is 1. The van der Waals surface area contributed by atoms with Crippen molar-refractivity contribution in [1.82, 2.24) is 0 Å². The molecule has 16 heavy (non-hydrogen) atoms. The predicted octanol–water partition coefficient (Wildman–Crippen LogP) is 3.70. The van der Waals surface area contributed by atoms with Crippen LogP contribution in [0.1, 0.15) is 46.5 Å². The van der Waals surface area contributed by atoms with Gasteiger partial charge in [-0.2, -0.15) is 0 Å². The lowest BCUT2D eigenvalue weighted by Crippen LogP contribution is -2.40. The van der Waals surface area contributed by atoms with E-state index in [0.29, 0.717) is 17.3 Å². The van der Waals surface area contributed by atoms with Crippen LogP contribution in [0, 0.1) is 17.3 Å². The van der Waals surface area contributed by atoms with E-state index in [4.69, 9.17) is 0 Å². The van der Waals surface area contributed by atoms with E-state index in [2.05, 4.69) is 33.4 Å². The van der Waals surface area contributed by atoms with Gasteiger partial charge in [0.1, 0.15) is 0 Å². The molecule has 0 aliphatic heterocycles. The average molecular weight is 220 g/mol. The van der Waals surface area contributed by atoms with Gasteiger partial charge in [0.2, 0.25) is 0 Å². The van der Waals surface area contributed by atoms with Crippen LogP contribution >= 0.6 is 0 Å². The van der Waals surface area contributed by atoms with Crippen LogP contribution in [0.25, 0.3) is 0 Å². The number of rotatable bonds is 1. The lowest BCUT2D eigenvalue weighted by Gasteiger charge is -2.47. The van der Waals surface area contributed by atoms with Gasteiger partial charge in [0.25, 0.3) is 0 Å². The van der Waals surface area contributed by atoms with Crippen molar-refractivity contribution < 1.29 is 5.11 Å². The highest BCUT2D eigenvalue weighted by molar-refractivity contribution is 5.24. The van der Waals surface area contributed by atoms with E-state index in [9.17, 15) is 5.11 Å². The van der Waals surface area contributed by atoms with E-state index in [1.165, 1.54) is 0 Å². The molecular weight excluding hydrogens is 196 g/mol. The molecule has 0 aromatic carbocycles. The number of hydrogen-bond donors (Lipinski definition) is 1. The van der Waals surface area contributed by atoms with Crippen molar-refractivity contribution in [3.8, 4) is 0 Å². The number of allylic oxidation sites excluding steroid dienone is 2. The predicted molar refractivity (Wildman–Crippen MR) is 68.1 cm³/mol. The van der Waals surface area contributed by atoms with Gasteiger partial charge < -0.3 is 5.11 Å². The van der Waals surface area contributed by atoms with Gasteiger partial charge >= 0.3 is 0 Å². The third-order valence-corrected chi connectivity index (χ3v) is 4.72. The molecule has 1 fully saturated rings. The molecule has 3 atom stereocenters. The van der Waals surface area contributed by atoms with Crippen LogP contribution in [-0.4, -0.2) is 11.2 Å². The summed E-state index contributed by atoms with van der Waals surface area (Å²) in [7, 11) is 0. The van der Waals surface area contributed by atoms with Crippen molar-refractivity contribution in [1.29, 1.82) is 0 Å². The minimum absolute atomic E-state index is 0.260. The monoisotopic (exact) mass is 220 g/mol. The lowest BCUT2D eigenvalue weighted by atomic mass is 9.58. The van der Waals surface area contributed by atoms with Gasteiger partial charge in [0, 0.05) is 0 Å². The Morgan fingerprint density at radius 1 is 1.50 bits per heavy atom. The maximum absolute atomic E-state index is 9.94. The van der Waals surface area contributed by atoms with Crippen molar-refractivity contribution in [3.63, 3.8) is 0 Å². The Bertz CT molecular complexity index is 326. The van der Waals surface area contributed by atoms with Gasteiger partial charge in [-0.1, -0.05) is 39.0 Å². The summed E-state index contributed by atoms with van der Waals surface area (Å²) in [5.41, 5.74) is 2.99. The first-order valence-electron chi connectivity index (χ1n) is 6.50. The van der Waals surface area contributed by atoms with E-state index in [1.807, 2.05) is 0 Å². The van der Waals surface area contributed by atoms with Gasteiger partial charge in [0.05, 0.1) is 6.10 Å². The molecule has 0 spiro atoms. The molecule has 0 aromatic heterocycles. The maximum Gasteiger partial charge on any atom is 0.0750 e. The zero-order chi connectivity index (χ0) is 11.9. The molecule has 1 saturated carbocycles. The quantitative estimate of drug-likeness (QED) is 0.668. The molecule has 2 rings (SSSR count). The first kappa shape index (κ1) is 11.9. The fraction of sp³-hybridized carbons (Fsp3) is 0.733. The second-order valence-electron chi connectivity index (χ2n) is 6.18. The van der Waals surface area contributed by atoms with E-state index >= 15 is 0 Å². The van der Waals surface area contributed by atoms with E-state index in [0.717, 1.165) is 31.3 Å². The molecule has 2 aliphatic rings. The normalized spacial score (nSPS) is 39.6. The Morgan fingerprint density at radius 3 is 2.81 bits per heavy atom. The topological polar surface area (TPSA) is 20.2 Å². The smallest absolute Gasteiger partial charge is 0.0750 e. The van der Waals surface area contributed by atoms with E-state index in [1.54, 1.807) is 5.57 Å². The van der Waals surface area contributed by atoms with Crippen LogP contribution in [0.15, 0.2) is 23.8 Å². The molecule has 0 bridgehead atoms. The Labute approximate surface area is 99.3 Å². The Hall–Kier alpha value is -0.560. The van der Waals surface area contributed by atoms with Crippen molar-refractivity contribution in [2.24, 2.45) is 17.3 Å². The van der Waals surface area contributed by atoms with Crippen LogP contribution in [0.4, 0.5) is 0 Å². The summed E-state index contributed by atoms with van der Waals surface area (Å²) in [4.78, 5) is 0. The highest BCUT2D eigenvalue weighted by atomic mass is 16.3. The minimum Gasteiger partial charge on any atom is -0.389 e. The first-order valence-corrected chi connectivity index (χ1v) is 6.50. The third-order valence-electron chi connectivity index (χ3n) is 4.72. The Kier molecular flexibility index (Phi) is 3.00. The molecule has 1 heteroatoms. The van der Waals surface area contributed by atoms with Gasteiger partial charge in [-0.25, -0.2) is 0 Å². The summed E-state index contributed by atoms with van der Waals surface area (Å²) in [6.07, 6.45) is 6.49. The second-order valence-corrected chi connectivity index (χ2v) is 6.18. The molecular formula is C15H24O. The summed E-state index contributed by atoms with van der Waals surface area (Å²) in [5, 5.41) is 9.94. The molecule has 1 N–H and O–H groups in total. The van der Waals surface area contributed by atoms with Crippen molar-refractivity contribution in [3.05, 3.63) is 23.8 Å². The highest BCUT2D eigenvalue weighted by Crippen LogP contribution is 2.52. The van der Waals surface area contributed by atoms with Crippen molar-refractivity contribution in [2.45, 2.75) is 52.6 Å². The number of aliphatic hydroxyl groups is 1. The summed E-state index contributed by atoms with van der Waals surface area (Å²) in [6.45, 7) is 11.0. The van der Waals surface area contributed by atoms with Gasteiger partial charge in [-0.05, 0) is 48.5 Å². The van der Waals surface area contributed by atoms with E-state index < -0.39 is 0 Å². The SMILES string of the molecule is C=C1[C@H]2CC(C(C)C)=CC[C@]2(C)CC[C@@H]1O. The molecule has 0 amide bonds.